The van der Waals surface area contributed by atoms with Gasteiger partial charge in [0.25, 0.3) is 5.91 Å². The van der Waals surface area contributed by atoms with Gasteiger partial charge in [0.05, 0.1) is 24.4 Å². The van der Waals surface area contributed by atoms with Crippen LogP contribution in [0.3, 0.4) is 0 Å². The van der Waals surface area contributed by atoms with E-state index in [1.165, 1.54) is 25.7 Å². The Morgan fingerprint density at radius 1 is 0.979 bits per heavy atom. The van der Waals surface area contributed by atoms with Crippen LogP contribution in [0.4, 0.5) is 0 Å². The van der Waals surface area contributed by atoms with Gasteiger partial charge in [-0.15, -0.1) is 6.58 Å². The molecule has 6 rings (SSSR count). The smallest absolute Gasteiger partial charge is 0.253 e. The number of aromatic nitrogens is 1. The summed E-state index contributed by atoms with van der Waals surface area (Å²) in [4.78, 5) is 19.3. The number of hydrogen-bond donors (Lipinski definition) is 2. The van der Waals surface area contributed by atoms with E-state index < -0.39 is 6.29 Å². The second-order valence-electron chi connectivity index (χ2n) is 12.7. The molecule has 3 aromatic carbocycles. The molecule has 4 aromatic rings. The summed E-state index contributed by atoms with van der Waals surface area (Å²) in [6.07, 6.45) is 9.49. The standard InChI is InChI=1S/C40H45N3O4/c1-3-23-43(35-11-5-6-12-35)26-37-28(2)38(31-16-14-29(27-44)15-17-31)47-40(46-37)32-20-18-30(19-21-32)36-13-7-4-9-33(36)25-42-39(45)34-10-8-22-41-24-34/h3-4,7-10,13-22,24,28,35,37-38,40,44H,1,5-6,11-12,23,25-27H2,2H3,(H,42,45)/t28-,37+,38+,40+/m0/s1. The van der Waals surface area contributed by atoms with Crippen LogP contribution in [0.15, 0.2) is 110 Å². The van der Waals surface area contributed by atoms with Crippen molar-refractivity contribution in [2.24, 2.45) is 5.92 Å². The second kappa shape index (κ2) is 15.6. The van der Waals surface area contributed by atoms with Crippen molar-refractivity contribution in [3.8, 4) is 11.1 Å². The van der Waals surface area contributed by atoms with E-state index >= 15 is 0 Å². The molecule has 7 nitrogen and oxygen atoms in total. The van der Waals surface area contributed by atoms with Crippen LogP contribution in [0.2, 0.25) is 0 Å². The number of ether oxygens (including phenoxy) is 2. The van der Waals surface area contributed by atoms with E-state index in [4.69, 9.17) is 9.47 Å². The topological polar surface area (TPSA) is 83.9 Å². The van der Waals surface area contributed by atoms with Gasteiger partial charge in [-0.1, -0.05) is 98.6 Å². The summed E-state index contributed by atoms with van der Waals surface area (Å²) in [6, 6.07) is 28.6. The number of benzene rings is 3. The molecule has 2 aliphatic rings. The summed E-state index contributed by atoms with van der Waals surface area (Å²) >= 11 is 0. The van der Waals surface area contributed by atoms with Crippen molar-refractivity contribution in [3.63, 3.8) is 0 Å². The fourth-order valence-electron chi connectivity index (χ4n) is 6.92. The molecule has 1 aliphatic heterocycles. The Kier molecular flexibility index (Phi) is 10.9. The lowest BCUT2D eigenvalue weighted by Gasteiger charge is -2.43. The number of aliphatic hydroxyl groups is 1. The Morgan fingerprint density at radius 3 is 2.43 bits per heavy atom. The number of hydrogen-bond acceptors (Lipinski definition) is 6. The van der Waals surface area contributed by atoms with Crippen LogP contribution in [-0.2, 0) is 22.6 Å². The third-order valence-electron chi connectivity index (χ3n) is 9.62. The maximum absolute atomic E-state index is 12.7. The van der Waals surface area contributed by atoms with Gasteiger partial charge in [0, 0.05) is 49.6 Å². The van der Waals surface area contributed by atoms with E-state index in [1.54, 1.807) is 24.5 Å². The lowest BCUT2D eigenvalue weighted by atomic mass is 9.89. The van der Waals surface area contributed by atoms with Crippen LogP contribution in [0.1, 0.15) is 77.6 Å². The SMILES string of the molecule is C=CCN(C[C@H]1O[C@@H](c2ccc(-c3ccccc3CNC(=O)c3cccnc3)cc2)O[C@@H](c2ccc(CO)cc2)[C@H]1C)C1CCCC1. The Hall–Kier alpha value is -4.14. The van der Waals surface area contributed by atoms with Gasteiger partial charge in [0.2, 0.25) is 0 Å². The molecule has 2 N–H and O–H groups in total. The van der Waals surface area contributed by atoms with Crippen LogP contribution in [-0.4, -0.2) is 46.1 Å². The number of carbonyl (C=O) groups excluding carboxylic acids is 1. The molecule has 1 saturated heterocycles. The lowest BCUT2D eigenvalue weighted by Crippen LogP contribution is -2.47. The van der Waals surface area contributed by atoms with Crippen molar-refractivity contribution in [1.29, 1.82) is 0 Å². The average Bonchev–Trinajstić information content (AvgIpc) is 3.67. The van der Waals surface area contributed by atoms with Gasteiger partial charge in [-0.2, -0.15) is 0 Å². The van der Waals surface area contributed by atoms with Crippen LogP contribution in [0.5, 0.6) is 0 Å². The van der Waals surface area contributed by atoms with Crippen molar-refractivity contribution in [2.75, 3.05) is 13.1 Å². The van der Waals surface area contributed by atoms with Crippen molar-refractivity contribution in [2.45, 2.75) is 70.3 Å². The predicted molar refractivity (Wildman–Crippen MR) is 184 cm³/mol. The third-order valence-corrected chi connectivity index (χ3v) is 9.62. The minimum Gasteiger partial charge on any atom is -0.392 e. The van der Waals surface area contributed by atoms with E-state index in [2.05, 4.69) is 71.2 Å². The minimum atomic E-state index is -0.532. The first kappa shape index (κ1) is 32.8. The summed E-state index contributed by atoms with van der Waals surface area (Å²) < 4.78 is 13.5. The van der Waals surface area contributed by atoms with Gasteiger partial charge < -0.3 is 19.9 Å². The molecule has 0 radical (unpaired) electrons. The largest absolute Gasteiger partial charge is 0.392 e. The highest BCUT2D eigenvalue weighted by Gasteiger charge is 2.40. The van der Waals surface area contributed by atoms with E-state index in [0.717, 1.165) is 46.5 Å². The van der Waals surface area contributed by atoms with Gasteiger partial charge in [0.1, 0.15) is 0 Å². The Morgan fingerprint density at radius 2 is 1.72 bits per heavy atom. The van der Waals surface area contributed by atoms with Crippen molar-refractivity contribution >= 4 is 5.91 Å². The van der Waals surface area contributed by atoms with Gasteiger partial charge in [-0.05, 0) is 52.8 Å². The van der Waals surface area contributed by atoms with Crippen molar-refractivity contribution in [3.05, 3.63) is 138 Å². The lowest BCUT2D eigenvalue weighted by molar-refractivity contribution is -0.276. The van der Waals surface area contributed by atoms with E-state index in [1.807, 2.05) is 36.4 Å². The molecule has 1 amide bonds. The van der Waals surface area contributed by atoms with E-state index in [0.29, 0.717) is 18.2 Å². The summed E-state index contributed by atoms with van der Waals surface area (Å²) in [5.41, 5.74) is 6.60. The molecular weight excluding hydrogens is 586 g/mol. The van der Waals surface area contributed by atoms with Crippen LogP contribution >= 0.6 is 0 Å². The highest BCUT2D eigenvalue weighted by molar-refractivity contribution is 5.93. The first-order valence-corrected chi connectivity index (χ1v) is 16.8. The van der Waals surface area contributed by atoms with Crippen LogP contribution in [0, 0.1) is 5.92 Å². The molecule has 47 heavy (non-hydrogen) atoms. The Labute approximate surface area is 278 Å². The maximum atomic E-state index is 12.7. The van der Waals surface area contributed by atoms with Crippen LogP contribution in [0.25, 0.3) is 11.1 Å². The molecule has 2 fully saturated rings. The maximum Gasteiger partial charge on any atom is 0.253 e. The third kappa shape index (κ3) is 7.88. The molecule has 2 heterocycles. The summed E-state index contributed by atoms with van der Waals surface area (Å²) in [5, 5.41) is 12.6. The minimum absolute atomic E-state index is 0.0139. The fourth-order valence-corrected chi connectivity index (χ4v) is 6.92. The van der Waals surface area contributed by atoms with E-state index in [-0.39, 0.29) is 30.6 Å². The van der Waals surface area contributed by atoms with Crippen molar-refractivity contribution in [1.82, 2.24) is 15.2 Å². The summed E-state index contributed by atoms with van der Waals surface area (Å²) in [5.74, 6) is -0.0354. The highest BCUT2D eigenvalue weighted by Crippen LogP contribution is 2.42. The quantitative estimate of drug-likeness (QED) is 0.159. The van der Waals surface area contributed by atoms with Crippen molar-refractivity contribution < 1.29 is 19.4 Å². The number of pyridine rings is 1. The molecular formula is C40H45N3O4. The number of carbonyl (C=O) groups is 1. The zero-order chi connectivity index (χ0) is 32.6. The highest BCUT2D eigenvalue weighted by atomic mass is 16.7. The fraction of sp³-hybridized carbons (Fsp3) is 0.350. The molecule has 4 atom stereocenters. The van der Waals surface area contributed by atoms with Gasteiger partial charge in [0.15, 0.2) is 6.29 Å². The van der Waals surface area contributed by atoms with E-state index in [9.17, 15) is 9.90 Å². The number of aliphatic hydroxyl groups excluding tert-OH is 1. The zero-order valence-corrected chi connectivity index (χ0v) is 27.1. The first-order chi connectivity index (χ1) is 23.0. The number of nitrogens with zero attached hydrogens (tertiary/aromatic N) is 2. The first-order valence-electron chi connectivity index (χ1n) is 16.8. The molecule has 1 aromatic heterocycles. The van der Waals surface area contributed by atoms with Gasteiger partial charge in [-0.25, -0.2) is 0 Å². The molecule has 0 spiro atoms. The van der Waals surface area contributed by atoms with Gasteiger partial charge >= 0.3 is 0 Å². The molecule has 0 bridgehead atoms. The normalized spacial score (nSPS) is 21.5. The Bertz CT molecular complexity index is 1600. The summed E-state index contributed by atoms with van der Waals surface area (Å²) in [6.45, 7) is 8.35. The molecule has 7 heteroatoms. The number of nitrogens with one attached hydrogen (secondary N) is 1. The molecule has 244 valence electrons. The molecule has 1 aliphatic carbocycles. The number of amides is 1. The van der Waals surface area contributed by atoms with Gasteiger partial charge in [-0.3, -0.25) is 14.7 Å². The molecule has 1 saturated carbocycles. The predicted octanol–water partition coefficient (Wildman–Crippen LogP) is 7.39. The zero-order valence-electron chi connectivity index (χ0n) is 27.1. The van der Waals surface area contributed by atoms with Crippen LogP contribution < -0.4 is 5.32 Å². The average molecular weight is 632 g/mol. The summed E-state index contributed by atoms with van der Waals surface area (Å²) in [7, 11) is 0. The Balaban J connectivity index is 1.23. The monoisotopic (exact) mass is 631 g/mol. The number of rotatable bonds is 12. The molecule has 0 unspecified atom stereocenters. The second-order valence-corrected chi connectivity index (χ2v) is 12.7.